The normalized spacial score (nSPS) is 15.4. The number of rotatable bonds is 7. The Hall–Kier alpha value is -2.04. The second-order valence-electron chi connectivity index (χ2n) is 8.44. The molecule has 2 aromatic carbocycles. The lowest BCUT2D eigenvalue weighted by molar-refractivity contribution is -0.140. The molecule has 0 spiro atoms. The SMILES string of the molecule is Cc1cccc(CN(C(=O)Cc2ccc(Cl)cc2Cl)C(C)C(=O)NC2CCCCC2)c1. The largest absolute Gasteiger partial charge is 0.352 e. The van der Waals surface area contributed by atoms with Crippen LogP contribution in [-0.4, -0.2) is 28.8 Å². The van der Waals surface area contributed by atoms with E-state index in [4.69, 9.17) is 23.2 Å². The third-order valence-corrected chi connectivity index (χ3v) is 6.50. The number of hydrogen-bond acceptors (Lipinski definition) is 2. The van der Waals surface area contributed by atoms with Gasteiger partial charge in [0.2, 0.25) is 11.8 Å². The molecule has 0 heterocycles. The Bertz CT molecular complexity index is 925. The van der Waals surface area contributed by atoms with E-state index < -0.39 is 6.04 Å². The quantitative estimate of drug-likeness (QED) is 0.574. The second kappa shape index (κ2) is 11.0. The summed E-state index contributed by atoms with van der Waals surface area (Å²) in [4.78, 5) is 28.0. The van der Waals surface area contributed by atoms with E-state index in [0.29, 0.717) is 22.2 Å². The molecule has 31 heavy (non-hydrogen) atoms. The van der Waals surface area contributed by atoms with E-state index in [1.165, 1.54) is 6.42 Å². The lowest BCUT2D eigenvalue weighted by Gasteiger charge is -2.31. The number of carbonyl (C=O) groups is 2. The molecule has 2 aromatic rings. The van der Waals surface area contributed by atoms with Crippen molar-refractivity contribution in [2.45, 2.75) is 71.0 Å². The first-order valence-corrected chi connectivity index (χ1v) is 11.7. The van der Waals surface area contributed by atoms with Crippen molar-refractivity contribution in [3.05, 3.63) is 69.2 Å². The number of nitrogens with one attached hydrogen (secondary N) is 1. The van der Waals surface area contributed by atoms with Crippen LogP contribution in [0.1, 0.15) is 55.7 Å². The number of amides is 2. The molecule has 1 aliphatic carbocycles. The molecule has 166 valence electrons. The Kier molecular flexibility index (Phi) is 8.39. The van der Waals surface area contributed by atoms with Gasteiger partial charge in [-0.05, 0) is 49.9 Å². The number of hydrogen-bond donors (Lipinski definition) is 1. The van der Waals surface area contributed by atoms with Gasteiger partial charge < -0.3 is 10.2 Å². The van der Waals surface area contributed by atoms with Crippen LogP contribution < -0.4 is 5.32 Å². The first-order valence-electron chi connectivity index (χ1n) is 10.9. The van der Waals surface area contributed by atoms with E-state index in [2.05, 4.69) is 5.32 Å². The summed E-state index contributed by atoms with van der Waals surface area (Å²) in [6.07, 6.45) is 5.63. The van der Waals surface area contributed by atoms with Crippen LogP contribution in [0.25, 0.3) is 0 Å². The maximum atomic E-state index is 13.3. The van der Waals surface area contributed by atoms with Crippen molar-refractivity contribution >= 4 is 35.0 Å². The Labute approximate surface area is 194 Å². The molecule has 1 aliphatic rings. The highest BCUT2D eigenvalue weighted by Crippen LogP contribution is 2.23. The van der Waals surface area contributed by atoms with Crippen LogP contribution in [0.15, 0.2) is 42.5 Å². The Morgan fingerprint density at radius 3 is 2.52 bits per heavy atom. The highest BCUT2D eigenvalue weighted by Gasteiger charge is 2.28. The standard InChI is InChI=1S/C25H30Cl2N2O2/c1-17-7-6-8-19(13-17)16-29(18(2)25(31)28-22-9-4-3-5-10-22)24(30)14-20-11-12-21(26)15-23(20)27/h6-8,11-13,15,18,22H,3-5,9-10,14,16H2,1-2H3,(H,28,31). The van der Waals surface area contributed by atoms with Crippen LogP contribution in [0.4, 0.5) is 0 Å². The van der Waals surface area contributed by atoms with Crippen molar-refractivity contribution < 1.29 is 9.59 Å². The van der Waals surface area contributed by atoms with Crippen molar-refractivity contribution in [3.63, 3.8) is 0 Å². The van der Waals surface area contributed by atoms with Gasteiger partial charge in [-0.3, -0.25) is 9.59 Å². The Morgan fingerprint density at radius 1 is 1.10 bits per heavy atom. The minimum atomic E-state index is -0.582. The summed E-state index contributed by atoms with van der Waals surface area (Å²) in [6.45, 7) is 4.18. The highest BCUT2D eigenvalue weighted by molar-refractivity contribution is 6.35. The fraction of sp³-hybridized carbons (Fsp3) is 0.440. The molecule has 1 fully saturated rings. The average molecular weight is 461 g/mol. The van der Waals surface area contributed by atoms with E-state index in [1.807, 2.05) is 31.2 Å². The zero-order valence-corrected chi connectivity index (χ0v) is 19.7. The van der Waals surface area contributed by atoms with Crippen molar-refractivity contribution in [1.29, 1.82) is 0 Å². The molecular weight excluding hydrogens is 431 g/mol. The molecule has 0 aromatic heterocycles. The molecule has 1 atom stereocenters. The molecule has 1 N–H and O–H groups in total. The van der Waals surface area contributed by atoms with E-state index >= 15 is 0 Å². The molecule has 4 nitrogen and oxygen atoms in total. The van der Waals surface area contributed by atoms with Crippen LogP contribution in [0.2, 0.25) is 10.0 Å². The molecule has 2 amide bonds. The summed E-state index contributed by atoms with van der Waals surface area (Å²) in [5.41, 5.74) is 2.81. The predicted molar refractivity (Wildman–Crippen MR) is 126 cm³/mol. The van der Waals surface area contributed by atoms with Gasteiger partial charge in [0.05, 0.1) is 6.42 Å². The lowest BCUT2D eigenvalue weighted by atomic mass is 9.95. The zero-order chi connectivity index (χ0) is 22.4. The molecule has 0 bridgehead atoms. The number of halogens is 2. The number of carbonyl (C=O) groups excluding carboxylic acids is 2. The van der Waals surface area contributed by atoms with Crippen LogP contribution in [-0.2, 0) is 22.6 Å². The summed E-state index contributed by atoms with van der Waals surface area (Å²) < 4.78 is 0. The van der Waals surface area contributed by atoms with Gasteiger partial charge in [-0.25, -0.2) is 0 Å². The van der Waals surface area contributed by atoms with Gasteiger partial charge in [0.25, 0.3) is 0 Å². The molecule has 0 aliphatic heterocycles. The summed E-state index contributed by atoms with van der Waals surface area (Å²) in [6, 6.07) is 12.7. The van der Waals surface area contributed by atoms with Gasteiger partial charge in [-0.1, -0.05) is 78.4 Å². The van der Waals surface area contributed by atoms with Crippen LogP contribution >= 0.6 is 23.2 Å². The summed E-state index contributed by atoms with van der Waals surface area (Å²) in [5.74, 6) is -0.243. The van der Waals surface area contributed by atoms with E-state index in [0.717, 1.165) is 36.8 Å². The van der Waals surface area contributed by atoms with Gasteiger partial charge >= 0.3 is 0 Å². The van der Waals surface area contributed by atoms with Crippen LogP contribution in [0.5, 0.6) is 0 Å². The number of aryl methyl sites for hydroxylation is 1. The molecule has 1 saturated carbocycles. The topological polar surface area (TPSA) is 49.4 Å². The third kappa shape index (κ3) is 6.72. The minimum absolute atomic E-state index is 0.102. The van der Waals surface area contributed by atoms with Crippen LogP contribution in [0.3, 0.4) is 0 Å². The second-order valence-corrected chi connectivity index (χ2v) is 9.29. The molecule has 6 heteroatoms. The summed E-state index contributed by atoms with van der Waals surface area (Å²) in [5, 5.41) is 4.14. The predicted octanol–water partition coefficient (Wildman–Crippen LogP) is 5.71. The highest BCUT2D eigenvalue weighted by atomic mass is 35.5. The molecule has 1 unspecified atom stereocenters. The van der Waals surface area contributed by atoms with Crippen molar-refractivity contribution in [3.8, 4) is 0 Å². The van der Waals surface area contributed by atoms with Gasteiger partial charge in [-0.15, -0.1) is 0 Å². The zero-order valence-electron chi connectivity index (χ0n) is 18.2. The number of benzene rings is 2. The maximum Gasteiger partial charge on any atom is 0.242 e. The smallest absolute Gasteiger partial charge is 0.242 e. The molecule has 0 radical (unpaired) electrons. The first kappa shape index (κ1) is 23.6. The number of nitrogens with zero attached hydrogens (tertiary/aromatic N) is 1. The molecular formula is C25H30Cl2N2O2. The van der Waals surface area contributed by atoms with Gasteiger partial charge in [0, 0.05) is 22.6 Å². The fourth-order valence-corrected chi connectivity index (χ4v) is 4.56. The Balaban J connectivity index is 1.78. The van der Waals surface area contributed by atoms with E-state index in [9.17, 15) is 9.59 Å². The Morgan fingerprint density at radius 2 is 1.84 bits per heavy atom. The van der Waals surface area contributed by atoms with Gasteiger partial charge in [0.15, 0.2) is 0 Å². The molecule has 0 saturated heterocycles. The summed E-state index contributed by atoms with van der Waals surface area (Å²) >= 11 is 12.3. The monoisotopic (exact) mass is 460 g/mol. The van der Waals surface area contributed by atoms with E-state index in [-0.39, 0.29) is 24.3 Å². The summed E-state index contributed by atoms with van der Waals surface area (Å²) in [7, 11) is 0. The minimum Gasteiger partial charge on any atom is -0.352 e. The lowest BCUT2D eigenvalue weighted by Crippen LogP contribution is -2.50. The fourth-order valence-electron chi connectivity index (χ4n) is 4.09. The third-order valence-electron chi connectivity index (χ3n) is 5.91. The van der Waals surface area contributed by atoms with Gasteiger partial charge in [0.1, 0.15) is 6.04 Å². The maximum absolute atomic E-state index is 13.3. The first-order chi connectivity index (χ1) is 14.8. The average Bonchev–Trinajstić information content (AvgIpc) is 2.74. The van der Waals surface area contributed by atoms with Crippen LogP contribution in [0, 0.1) is 6.92 Å². The molecule has 3 rings (SSSR count). The van der Waals surface area contributed by atoms with Gasteiger partial charge in [-0.2, -0.15) is 0 Å². The van der Waals surface area contributed by atoms with E-state index in [1.54, 1.807) is 30.0 Å². The van der Waals surface area contributed by atoms with Crippen molar-refractivity contribution in [1.82, 2.24) is 10.2 Å². The van der Waals surface area contributed by atoms with Crippen molar-refractivity contribution in [2.75, 3.05) is 0 Å². The van der Waals surface area contributed by atoms with Crippen molar-refractivity contribution in [2.24, 2.45) is 0 Å².